The van der Waals surface area contributed by atoms with Gasteiger partial charge in [0.1, 0.15) is 11.5 Å². The highest BCUT2D eigenvalue weighted by atomic mass is 79.9. The van der Waals surface area contributed by atoms with Gasteiger partial charge in [0.25, 0.3) is 11.8 Å². The lowest BCUT2D eigenvalue weighted by Crippen LogP contribution is -2.40. The highest BCUT2D eigenvalue weighted by Gasteiger charge is 2.26. The zero-order valence-corrected chi connectivity index (χ0v) is 26.3. The fourth-order valence-electron chi connectivity index (χ4n) is 3.98. The minimum absolute atomic E-state index is 0.0885. The number of hydrazone groups is 1. The zero-order valence-electron chi connectivity index (χ0n) is 23.9. The van der Waals surface area contributed by atoms with Gasteiger partial charge in [-0.2, -0.15) is 9.41 Å². The van der Waals surface area contributed by atoms with Crippen molar-refractivity contribution in [1.82, 2.24) is 9.73 Å². The maximum Gasteiger partial charge on any atom is 0.262 e. The lowest BCUT2D eigenvalue weighted by atomic mass is 10.1. The number of nitrogens with one attached hydrogen (secondary N) is 2. The molecule has 2 amide bonds. The van der Waals surface area contributed by atoms with Crippen molar-refractivity contribution in [2.24, 2.45) is 5.10 Å². The SMILES string of the molecule is COc1ccc(NC(=O)COc2ccc(/C=N/NC(=O)CN(CCc3ccccc3)S(=O)(=O)c3ccc(Br)cc3)cc2)cc1. The first kappa shape index (κ1) is 32.4. The second-order valence-corrected chi connectivity index (χ2v) is 12.3. The van der Waals surface area contributed by atoms with E-state index in [0.29, 0.717) is 29.2 Å². The van der Waals surface area contributed by atoms with Crippen LogP contribution in [0.3, 0.4) is 0 Å². The molecule has 228 valence electrons. The van der Waals surface area contributed by atoms with Crippen LogP contribution in [0.15, 0.2) is 118 Å². The molecule has 0 aliphatic rings. The van der Waals surface area contributed by atoms with Crippen LogP contribution in [0.4, 0.5) is 5.69 Å². The molecule has 0 unspecified atom stereocenters. The third-order valence-corrected chi connectivity index (χ3v) is 8.68. The summed E-state index contributed by atoms with van der Waals surface area (Å²) < 4.78 is 39.3. The number of halogens is 1. The summed E-state index contributed by atoms with van der Waals surface area (Å²) in [5.74, 6) is 0.262. The zero-order chi connectivity index (χ0) is 31.4. The van der Waals surface area contributed by atoms with Crippen molar-refractivity contribution >= 4 is 49.7 Å². The van der Waals surface area contributed by atoms with Crippen LogP contribution in [0, 0.1) is 0 Å². The molecule has 0 saturated carbocycles. The maximum atomic E-state index is 13.4. The molecule has 0 bridgehead atoms. The standard InChI is InChI=1S/C32H31BrN4O6S/c1-42-28-15-11-27(12-16-28)35-32(39)23-43-29-13-7-25(8-14-29)21-34-36-31(38)22-37(20-19-24-5-3-2-4-6-24)44(40,41)30-17-9-26(33)10-18-30/h2-18,21H,19-20,22-23H2,1H3,(H,35,39)(H,36,38)/b34-21+. The number of sulfonamides is 1. The summed E-state index contributed by atoms with van der Waals surface area (Å²) >= 11 is 3.32. The minimum atomic E-state index is -3.95. The Morgan fingerprint density at radius 3 is 2.18 bits per heavy atom. The number of carbonyl (C=O) groups excluding carboxylic acids is 2. The first-order chi connectivity index (χ1) is 21.2. The Bertz CT molecular complexity index is 1670. The molecule has 2 N–H and O–H groups in total. The average Bonchev–Trinajstić information content (AvgIpc) is 3.03. The maximum absolute atomic E-state index is 13.4. The fourth-order valence-corrected chi connectivity index (χ4v) is 5.64. The van der Waals surface area contributed by atoms with Gasteiger partial charge in [-0.05, 0) is 90.3 Å². The molecule has 0 spiro atoms. The molecule has 0 aliphatic heterocycles. The van der Waals surface area contributed by atoms with E-state index < -0.39 is 22.5 Å². The van der Waals surface area contributed by atoms with Crippen LogP contribution >= 0.6 is 15.9 Å². The molecule has 0 radical (unpaired) electrons. The predicted octanol–water partition coefficient (Wildman–Crippen LogP) is 4.86. The highest BCUT2D eigenvalue weighted by Crippen LogP contribution is 2.20. The normalized spacial score (nSPS) is 11.3. The predicted molar refractivity (Wildman–Crippen MR) is 172 cm³/mol. The second-order valence-electron chi connectivity index (χ2n) is 9.46. The van der Waals surface area contributed by atoms with Crippen molar-refractivity contribution in [1.29, 1.82) is 0 Å². The number of anilines is 1. The third kappa shape index (κ3) is 9.76. The molecule has 4 aromatic rings. The number of amides is 2. The van der Waals surface area contributed by atoms with Crippen molar-refractivity contribution in [3.63, 3.8) is 0 Å². The van der Waals surface area contributed by atoms with Crippen LogP contribution in [0.5, 0.6) is 11.5 Å². The van der Waals surface area contributed by atoms with E-state index >= 15 is 0 Å². The van der Waals surface area contributed by atoms with Gasteiger partial charge in [0.15, 0.2) is 6.61 Å². The molecule has 0 heterocycles. The van der Waals surface area contributed by atoms with Gasteiger partial charge < -0.3 is 14.8 Å². The number of hydrogen-bond donors (Lipinski definition) is 2. The van der Waals surface area contributed by atoms with Crippen LogP contribution < -0.4 is 20.2 Å². The topological polar surface area (TPSA) is 126 Å². The van der Waals surface area contributed by atoms with Crippen LogP contribution in [0.2, 0.25) is 0 Å². The Morgan fingerprint density at radius 2 is 1.52 bits per heavy atom. The minimum Gasteiger partial charge on any atom is -0.497 e. The van der Waals surface area contributed by atoms with Crippen LogP contribution in [-0.2, 0) is 26.0 Å². The van der Waals surface area contributed by atoms with E-state index in [2.05, 4.69) is 31.8 Å². The van der Waals surface area contributed by atoms with Crippen molar-refractivity contribution in [2.45, 2.75) is 11.3 Å². The van der Waals surface area contributed by atoms with Crippen molar-refractivity contribution < 1.29 is 27.5 Å². The first-order valence-electron chi connectivity index (χ1n) is 13.5. The number of hydrogen-bond acceptors (Lipinski definition) is 7. The summed E-state index contributed by atoms with van der Waals surface area (Å²) in [6, 6.07) is 29.4. The molecule has 10 nitrogen and oxygen atoms in total. The molecule has 0 fully saturated rings. The van der Waals surface area contributed by atoms with E-state index in [4.69, 9.17) is 9.47 Å². The number of nitrogens with zero attached hydrogens (tertiary/aromatic N) is 2. The fraction of sp³-hybridized carbons (Fsp3) is 0.156. The Kier molecular flexibility index (Phi) is 11.6. The molecular weight excluding hydrogens is 648 g/mol. The van der Waals surface area contributed by atoms with Gasteiger partial charge in [-0.3, -0.25) is 9.59 Å². The van der Waals surface area contributed by atoms with E-state index in [1.54, 1.807) is 67.8 Å². The van der Waals surface area contributed by atoms with Crippen molar-refractivity contribution in [2.75, 3.05) is 32.1 Å². The summed E-state index contributed by atoms with van der Waals surface area (Å²) in [6.45, 7) is -0.480. The summed E-state index contributed by atoms with van der Waals surface area (Å²) in [5, 5.41) is 6.72. The number of rotatable bonds is 14. The number of ether oxygens (including phenoxy) is 2. The van der Waals surface area contributed by atoms with Crippen LogP contribution in [-0.4, -0.2) is 57.6 Å². The van der Waals surface area contributed by atoms with Gasteiger partial charge in [0.2, 0.25) is 10.0 Å². The van der Waals surface area contributed by atoms with Gasteiger partial charge in [0.05, 0.1) is 24.8 Å². The lowest BCUT2D eigenvalue weighted by Gasteiger charge is -2.21. The first-order valence-corrected chi connectivity index (χ1v) is 15.7. The summed E-state index contributed by atoms with van der Waals surface area (Å²) in [5.41, 5.74) is 4.63. The van der Waals surface area contributed by atoms with E-state index in [0.717, 1.165) is 14.3 Å². The van der Waals surface area contributed by atoms with Gasteiger partial charge in [-0.1, -0.05) is 46.3 Å². The Labute approximate surface area is 264 Å². The molecule has 12 heteroatoms. The van der Waals surface area contributed by atoms with Crippen LogP contribution in [0.25, 0.3) is 0 Å². The van der Waals surface area contributed by atoms with E-state index in [1.165, 1.54) is 18.3 Å². The van der Waals surface area contributed by atoms with Crippen molar-refractivity contribution in [3.8, 4) is 11.5 Å². The second kappa shape index (κ2) is 15.8. The van der Waals surface area contributed by atoms with E-state index in [-0.39, 0.29) is 24.0 Å². The molecule has 44 heavy (non-hydrogen) atoms. The van der Waals surface area contributed by atoms with E-state index in [1.807, 2.05) is 30.3 Å². The smallest absolute Gasteiger partial charge is 0.262 e. The number of methoxy groups -OCH3 is 1. The Morgan fingerprint density at radius 1 is 0.864 bits per heavy atom. The molecule has 0 aromatic heterocycles. The largest absolute Gasteiger partial charge is 0.497 e. The van der Waals surface area contributed by atoms with E-state index in [9.17, 15) is 18.0 Å². The number of benzene rings is 4. The Hall–Kier alpha value is -4.52. The third-order valence-electron chi connectivity index (χ3n) is 6.29. The molecule has 0 aliphatic carbocycles. The Balaban J connectivity index is 1.30. The van der Waals surface area contributed by atoms with Gasteiger partial charge in [-0.25, -0.2) is 13.8 Å². The summed E-state index contributed by atoms with van der Waals surface area (Å²) in [6.07, 6.45) is 1.86. The lowest BCUT2D eigenvalue weighted by molar-refractivity contribution is -0.121. The van der Waals surface area contributed by atoms with Gasteiger partial charge >= 0.3 is 0 Å². The van der Waals surface area contributed by atoms with Crippen molar-refractivity contribution in [3.05, 3.63) is 119 Å². The molecule has 0 atom stereocenters. The van der Waals surface area contributed by atoms with Gasteiger partial charge in [0, 0.05) is 16.7 Å². The quantitative estimate of drug-likeness (QED) is 0.145. The monoisotopic (exact) mass is 678 g/mol. The van der Waals surface area contributed by atoms with Gasteiger partial charge in [-0.15, -0.1) is 0 Å². The molecule has 4 aromatic carbocycles. The summed E-state index contributed by atoms with van der Waals surface area (Å²) in [7, 11) is -2.38. The molecular formula is C32H31BrN4O6S. The van der Waals surface area contributed by atoms with Crippen LogP contribution in [0.1, 0.15) is 11.1 Å². The number of carbonyl (C=O) groups is 2. The summed E-state index contributed by atoms with van der Waals surface area (Å²) in [4.78, 5) is 25.0. The molecule has 0 saturated heterocycles. The molecule has 4 rings (SSSR count). The average molecular weight is 680 g/mol. The highest BCUT2D eigenvalue weighted by molar-refractivity contribution is 9.10.